The van der Waals surface area contributed by atoms with Crippen LogP contribution in [0.15, 0.2) is 48.8 Å². The highest BCUT2D eigenvalue weighted by Gasteiger charge is 2.23. The number of nitrogens with zero attached hydrogens (tertiary/aromatic N) is 2. The third-order valence-corrected chi connectivity index (χ3v) is 4.36. The van der Waals surface area contributed by atoms with Gasteiger partial charge >= 0.3 is 6.03 Å². The molecule has 3 rings (SSSR count). The Bertz CT molecular complexity index is 688. The first-order chi connectivity index (χ1) is 12.8. The van der Waals surface area contributed by atoms with Crippen LogP contribution >= 0.6 is 0 Å². The molecular formula is C19H24N4O3. The predicted molar refractivity (Wildman–Crippen MR) is 99.4 cm³/mol. The monoisotopic (exact) mass is 356 g/mol. The van der Waals surface area contributed by atoms with Crippen LogP contribution in [-0.4, -0.2) is 55.9 Å². The number of rotatable bonds is 6. The van der Waals surface area contributed by atoms with E-state index in [-0.39, 0.29) is 12.1 Å². The van der Waals surface area contributed by atoms with Crippen LogP contribution in [0.4, 0.5) is 10.5 Å². The third kappa shape index (κ3) is 4.93. The van der Waals surface area contributed by atoms with Crippen LogP contribution in [0.5, 0.6) is 5.75 Å². The molecular weight excluding hydrogens is 332 g/mol. The zero-order chi connectivity index (χ0) is 18.2. The molecule has 7 heteroatoms. The van der Waals surface area contributed by atoms with Crippen LogP contribution in [0.2, 0.25) is 0 Å². The lowest BCUT2D eigenvalue weighted by atomic mass is 10.0. The molecule has 2 amide bonds. The van der Waals surface area contributed by atoms with Gasteiger partial charge in [0.05, 0.1) is 38.2 Å². The van der Waals surface area contributed by atoms with Gasteiger partial charge in [0.15, 0.2) is 0 Å². The number of amides is 2. The van der Waals surface area contributed by atoms with E-state index in [1.165, 1.54) is 0 Å². The Hall–Kier alpha value is -2.64. The molecule has 1 saturated heterocycles. The number of morpholine rings is 1. The van der Waals surface area contributed by atoms with Gasteiger partial charge in [-0.25, -0.2) is 4.79 Å². The summed E-state index contributed by atoms with van der Waals surface area (Å²) < 4.78 is 10.7. The fourth-order valence-corrected chi connectivity index (χ4v) is 2.97. The Morgan fingerprint density at radius 2 is 2.04 bits per heavy atom. The molecule has 0 bridgehead atoms. The SMILES string of the molecule is COc1ccc(C(CNC(=O)Nc2cccnc2)N2CCOCC2)cc1. The summed E-state index contributed by atoms with van der Waals surface area (Å²) >= 11 is 0. The third-order valence-electron chi connectivity index (χ3n) is 4.36. The number of urea groups is 1. The number of methoxy groups -OCH3 is 1. The molecule has 2 N–H and O–H groups in total. The van der Waals surface area contributed by atoms with Crippen molar-refractivity contribution >= 4 is 11.7 Å². The molecule has 0 radical (unpaired) electrons. The molecule has 0 spiro atoms. The minimum atomic E-state index is -0.246. The molecule has 26 heavy (non-hydrogen) atoms. The maximum atomic E-state index is 12.2. The van der Waals surface area contributed by atoms with Gasteiger partial charge < -0.3 is 20.1 Å². The van der Waals surface area contributed by atoms with E-state index in [1.54, 1.807) is 31.6 Å². The lowest BCUT2D eigenvalue weighted by Gasteiger charge is -2.35. The number of hydrogen-bond donors (Lipinski definition) is 2. The van der Waals surface area contributed by atoms with Crippen LogP contribution in [0.3, 0.4) is 0 Å². The van der Waals surface area contributed by atoms with Gasteiger partial charge in [0, 0.05) is 25.8 Å². The second-order valence-electron chi connectivity index (χ2n) is 6.01. The van der Waals surface area contributed by atoms with Crippen LogP contribution in [0, 0.1) is 0 Å². The number of ether oxygens (including phenoxy) is 2. The van der Waals surface area contributed by atoms with Crippen molar-refractivity contribution in [1.29, 1.82) is 0 Å². The number of benzene rings is 1. The zero-order valence-corrected chi connectivity index (χ0v) is 14.9. The van der Waals surface area contributed by atoms with E-state index >= 15 is 0 Å². The van der Waals surface area contributed by atoms with E-state index in [4.69, 9.17) is 9.47 Å². The Kier molecular flexibility index (Phi) is 6.40. The summed E-state index contributed by atoms with van der Waals surface area (Å²) in [5.74, 6) is 0.816. The number of carbonyl (C=O) groups excluding carboxylic acids is 1. The second-order valence-corrected chi connectivity index (χ2v) is 6.01. The van der Waals surface area contributed by atoms with E-state index in [0.29, 0.717) is 25.4 Å². The highest BCUT2D eigenvalue weighted by atomic mass is 16.5. The number of anilines is 1. The van der Waals surface area contributed by atoms with Crippen LogP contribution in [0.1, 0.15) is 11.6 Å². The first-order valence-electron chi connectivity index (χ1n) is 8.67. The molecule has 1 aromatic carbocycles. The first-order valence-corrected chi connectivity index (χ1v) is 8.67. The van der Waals surface area contributed by atoms with Gasteiger partial charge in [0.1, 0.15) is 5.75 Å². The van der Waals surface area contributed by atoms with Gasteiger partial charge in [0.2, 0.25) is 0 Å². The topological polar surface area (TPSA) is 75.7 Å². The number of nitrogens with one attached hydrogen (secondary N) is 2. The van der Waals surface area contributed by atoms with Gasteiger partial charge in [-0.15, -0.1) is 0 Å². The van der Waals surface area contributed by atoms with E-state index in [1.807, 2.05) is 24.3 Å². The number of pyridine rings is 1. The van der Waals surface area contributed by atoms with E-state index < -0.39 is 0 Å². The lowest BCUT2D eigenvalue weighted by Crippen LogP contribution is -2.44. The van der Waals surface area contributed by atoms with Gasteiger partial charge in [-0.05, 0) is 29.8 Å². The van der Waals surface area contributed by atoms with Crippen molar-refractivity contribution in [2.75, 3.05) is 45.3 Å². The maximum absolute atomic E-state index is 12.2. The Morgan fingerprint density at radius 3 is 2.69 bits per heavy atom. The fourth-order valence-electron chi connectivity index (χ4n) is 2.97. The molecule has 0 aliphatic carbocycles. The minimum Gasteiger partial charge on any atom is -0.497 e. The van der Waals surface area contributed by atoms with Gasteiger partial charge in [-0.2, -0.15) is 0 Å². The average Bonchev–Trinajstić information content (AvgIpc) is 2.70. The van der Waals surface area contributed by atoms with Crippen molar-refractivity contribution in [2.24, 2.45) is 0 Å². The predicted octanol–water partition coefficient (Wildman–Crippen LogP) is 2.29. The van der Waals surface area contributed by atoms with E-state index in [0.717, 1.165) is 24.4 Å². The van der Waals surface area contributed by atoms with Gasteiger partial charge in [-0.1, -0.05) is 12.1 Å². The fraction of sp³-hybridized carbons (Fsp3) is 0.368. The summed E-state index contributed by atoms with van der Waals surface area (Å²) in [6.07, 6.45) is 3.28. The van der Waals surface area contributed by atoms with Crippen molar-refractivity contribution in [3.63, 3.8) is 0 Å². The van der Waals surface area contributed by atoms with E-state index in [2.05, 4.69) is 20.5 Å². The maximum Gasteiger partial charge on any atom is 0.319 e. The van der Waals surface area contributed by atoms with E-state index in [9.17, 15) is 4.79 Å². The zero-order valence-electron chi connectivity index (χ0n) is 14.9. The second kappa shape index (κ2) is 9.17. The quantitative estimate of drug-likeness (QED) is 0.831. The lowest BCUT2D eigenvalue weighted by molar-refractivity contribution is 0.0167. The van der Waals surface area contributed by atoms with Crippen molar-refractivity contribution in [3.8, 4) is 5.75 Å². The Morgan fingerprint density at radius 1 is 1.27 bits per heavy atom. The number of aromatic nitrogens is 1. The molecule has 2 heterocycles. The molecule has 1 aromatic heterocycles. The smallest absolute Gasteiger partial charge is 0.319 e. The molecule has 1 unspecified atom stereocenters. The summed E-state index contributed by atoms with van der Waals surface area (Å²) in [4.78, 5) is 18.5. The first kappa shape index (κ1) is 18.2. The Balaban J connectivity index is 1.65. The van der Waals surface area contributed by atoms with Crippen LogP contribution in [0.25, 0.3) is 0 Å². The van der Waals surface area contributed by atoms with Crippen molar-refractivity contribution in [3.05, 3.63) is 54.4 Å². The molecule has 0 saturated carbocycles. The molecule has 7 nitrogen and oxygen atoms in total. The normalized spacial score (nSPS) is 15.9. The largest absolute Gasteiger partial charge is 0.497 e. The summed E-state index contributed by atoms with van der Waals surface area (Å²) in [5.41, 5.74) is 1.80. The summed E-state index contributed by atoms with van der Waals surface area (Å²) in [7, 11) is 1.65. The molecule has 1 fully saturated rings. The standard InChI is InChI=1S/C19H24N4O3/c1-25-17-6-4-15(5-7-17)18(23-9-11-26-12-10-23)14-21-19(24)22-16-3-2-8-20-13-16/h2-8,13,18H,9-12,14H2,1H3,(H2,21,22,24). The molecule has 1 aliphatic rings. The number of carbonyl (C=O) groups is 1. The summed E-state index contributed by atoms with van der Waals surface area (Å²) in [5, 5.41) is 5.76. The number of hydrogen-bond acceptors (Lipinski definition) is 5. The van der Waals surface area contributed by atoms with Crippen LogP contribution in [-0.2, 0) is 4.74 Å². The van der Waals surface area contributed by atoms with Crippen LogP contribution < -0.4 is 15.4 Å². The average molecular weight is 356 g/mol. The van der Waals surface area contributed by atoms with Crippen molar-refractivity contribution in [1.82, 2.24) is 15.2 Å². The highest BCUT2D eigenvalue weighted by Crippen LogP contribution is 2.23. The Labute approximate surface area is 153 Å². The van der Waals surface area contributed by atoms with Gasteiger partial charge in [0.25, 0.3) is 0 Å². The molecule has 138 valence electrons. The minimum absolute atomic E-state index is 0.0736. The van der Waals surface area contributed by atoms with Gasteiger partial charge in [-0.3, -0.25) is 9.88 Å². The van der Waals surface area contributed by atoms with Crippen molar-refractivity contribution < 1.29 is 14.3 Å². The molecule has 1 aliphatic heterocycles. The highest BCUT2D eigenvalue weighted by molar-refractivity contribution is 5.88. The molecule has 1 atom stereocenters. The molecule has 2 aromatic rings. The summed E-state index contributed by atoms with van der Waals surface area (Å²) in [6, 6.07) is 11.4. The van der Waals surface area contributed by atoms with Crippen molar-refractivity contribution in [2.45, 2.75) is 6.04 Å². The summed E-state index contributed by atoms with van der Waals surface area (Å²) in [6.45, 7) is 3.58.